The molecule has 1 fully saturated rings. The van der Waals surface area contributed by atoms with Gasteiger partial charge in [-0.05, 0) is 18.2 Å². The van der Waals surface area contributed by atoms with E-state index in [9.17, 15) is 9.59 Å². The van der Waals surface area contributed by atoms with Gasteiger partial charge in [-0.3, -0.25) is 14.5 Å². The Labute approximate surface area is 133 Å². The van der Waals surface area contributed by atoms with E-state index >= 15 is 0 Å². The number of carbonyl (C=O) groups is 2. The van der Waals surface area contributed by atoms with Crippen LogP contribution in [-0.2, 0) is 9.59 Å². The SMILES string of the molecule is CC(=O)N1CCN(CCC(=O)Nc2cccc(Br)c2)CC1. The lowest BCUT2D eigenvalue weighted by atomic mass is 10.2. The Morgan fingerprint density at radius 2 is 1.95 bits per heavy atom. The standard InChI is InChI=1S/C15H20BrN3O2/c1-12(20)19-9-7-18(8-10-19)6-5-15(21)17-14-4-2-3-13(16)11-14/h2-4,11H,5-10H2,1H3,(H,17,21). The van der Waals surface area contributed by atoms with Gasteiger partial charge in [0.25, 0.3) is 0 Å². The highest BCUT2D eigenvalue weighted by atomic mass is 79.9. The van der Waals surface area contributed by atoms with E-state index in [1.165, 1.54) is 0 Å². The molecule has 0 aliphatic carbocycles. The highest BCUT2D eigenvalue weighted by molar-refractivity contribution is 9.10. The first-order valence-corrected chi connectivity index (χ1v) is 7.87. The zero-order chi connectivity index (χ0) is 15.2. The Balaban J connectivity index is 1.71. The Hall–Kier alpha value is -1.40. The molecule has 21 heavy (non-hydrogen) atoms. The third-order valence-electron chi connectivity index (χ3n) is 3.58. The lowest BCUT2D eigenvalue weighted by molar-refractivity contribution is -0.130. The number of halogens is 1. The third kappa shape index (κ3) is 5.13. The zero-order valence-electron chi connectivity index (χ0n) is 12.1. The first kappa shape index (κ1) is 16.0. The lowest BCUT2D eigenvalue weighted by Crippen LogP contribution is -2.48. The molecule has 2 rings (SSSR count). The summed E-state index contributed by atoms with van der Waals surface area (Å²) < 4.78 is 0.945. The van der Waals surface area contributed by atoms with E-state index in [0.29, 0.717) is 6.42 Å². The highest BCUT2D eigenvalue weighted by Gasteiger charge is 2.18. The second-order valence-corrected chi connectivity index (χ2v) is 6.07. The smallest absolute Gasteiger partial charge is 0.225 e. The maximum Gasteiger partial charge on any atom is 0.225 e. The van der Waals surface area contributed by atoms with Gasteiger partial charge in [-0.25, -0.2) is 0 Å². The Kier molecular flexibility index (Phi) is 5.76. The maximum atomic E-state index is 11.9. The molecule has 0 spiro atoms. The van der Waals surface area contributed by atoms with E-state index in [0.717, 1.165) is 42.9 Å². The minimum absolute atomic E-state index is 0.0158. The molecule has 0 bridgehead atoms. The number of nitrogens with one attached hydrogen (secondary N) is 1. The van der Waals surface area contributed by atoms with E-state index in [1.54, 1.807) is 6.92 Å². The fourth-order valence-electron chi connectivity index (χ4n) is 2.34. The van der Waals surface area contributed by atoms with Crippen molar-refractivity contribution in [2.24, 2.45) is 0 Å². The summed E-state index contributed by atoms with van der Waals surface area (Å²) in [5.41, 5.74) is 0.802. The van der Waals surface area contributed by atoms with Crippen molar-refractivity contribution in [3.05, 3.63) is 28.7 Å². The van der Waals surface area contributed by atoms with Crippen LogP contribution in [-0.4, -0.2) is 54.3 Å². The molecule has 1 aromatic rings. The van der Waals surface area contributed by atoms with Crippen LogP contribution in [0.5, 0.6) is 0 Å². The van der Waals surface area contributed by atoms with Gasteiger partial charge in [-0.2, -0.15) is 0 Å². The van der Waals surface area contributed by atoms with Crippen molar-refractivity contribution < 1.29 is 9.59 Å². The number of carbonyl (C=O) groups excluding carboxylic acids is 2. The predicted octanol–water partition coefficient (Wildman–Crippen LogP) is 1.94. The van der Waals surface area contributed by atoms with E-state index in [4.69, 9.17) is 0 Å². The largest absolute Gasteiger partial charge is 0.340 e. The Morgan fingerprint density at radius 3 is 2.57 bits per heavy atom. The van der Waals surface area contributed by atoms with Crippen LogP contribution in [0.25, 0.3) is 0 Å². The van der Waals surface area contributed by atoms with Crippen LogP contribution in [0.4, 0.5) is 5.69 Å². The van der Waals surface area contributed by atoms with E-state index in [-0.39, 0.29) is 11.8 Å². The average molecular weight is 354 g/mol. The molecule has 114 valence electrons. The van der Waals surface area contributed by atoms with Gasteiger partial charge in [0.2, 0.25) is 11.8 Å². The van der Waals surface area contributed by atoms with Gasteiger partial charge in [-0.1, -0.05) is 22.0 Å². The fourth-order valence-corrected chi connectivity index (χ4v) is 2.73. The van der Waals surface area contributed by atoms with Crippen molar-refractivity contribution in [1.82, 2.24) is 9.80 Å². The molecule has 1 aliphatic heterocycles. The summed E-state index contributed by atoms with van der Waals surface area (Å²) in [4.78, 5) is 27.2. The molecule has 1 aliphatic rings. The van der Waals surface area contributed by atoms with E-state index < -0.39 is 0 Å². The molecule has 0 atom stereocenters. The number of benzene rings is 1. The van der Waals surface area contributed by atoms with Crippen LogP contribution < -0.4 is 5.32 Å². The fraction of sp³-hybridized carbons (Fsp3) is 0.467. The molecule has 2 amide bonds. The van der Waals surface area contributed by atoms with Crippen LogP contribution in [0, 0.1) is 0 Å². The molecule has 1 saturated heterocycles. The number of piperazine rings is 1. The Morgan fingerprint density at radius 1 is 1.24 bits per heavy atom. The molecular weight excluding hydrogens is 334 g/mol. The number of hydrogen-bond acceptors (Lipinski definition) is 3. The zero-order valence-corrected chi connectivity index (χ0v) is 13.7. The summed E-state index contributed by atoms with van der Waals surface area (Å²) in [6.07, 6.45) is 0.465. The molecule has 0 unspecified atom stereocenters. The van der Waals surface area contributed by atoms with Gasteiger partial charge < -0.3 is 10.2 Å². The van der Waals surface area contributed by atoms with Crippen LogP contribution >= 0.6 is 15.9 Å². The molecule has 5 nitrogen and oxygen atoms in total. The van der Waals surface area contributed by atoms with Crippen molar-refractivity contribution in [3.63, 3.8) is 0 Å². The number of amides is 2. The van der Waals surface area contributed by atoms with Gasteiger partial charge in [0, 0.05) is 56.2 Å². The second-order valence-electron chi connectivity index (χ2n) is 5.16. The van der Waals surface area contributed by atoms with Gasteiger partial charge >= 0.3 is 0 Å². The third-order valence-corrected chi connectivity index (χ3v) is 4.07. The molecule has 0 saturated carbocycles. The normalized spacial score (nSPS) is 15.8. The summed E-state index contributed by atoms with van der Waals surface area (Å²) in [6.45, 7) is 5.51. The maximum absolute atomic E-state index is 11.9. The van der Waals surface area contributed by atoms with Crippen molar-refractivity contribution in [3.8, 4) is 0 Å². The molecule has 6 heteroatoms. The minimum atomic E-state index is 0.0158. The minimum Gasteiger partial charge on any atom is -0.340 e. The van der Waals surface area contributed by atoms with E-state index in [1.807, 2.05) is 29.2 Å². The van der Waals surface area contributed by atoms with Crippen molar-refractivity contribution in [2.45, 2.75) is 13.3 Å². The molecule has 0 aromatic heterocycles. The van der Waals surface area contributed by atoms with Gasteiger partial charge in [-0.15, -0.1) is 0 Å². The first-order valence-electron chi connectivity index (χ1n) is 7.08. The topological polar surface area (TPSA) is 52.7 Å². The summed E-state index contributed by atoms with van der Waals surface area (Å²) in [5, 5.41) is 2.89. The van der Waals surface area contributed by atoms with Crippen molar-refractivity contribution >= 4 is 33.4 Å². The van der Waals surface area contributed by atoms with Gasteiger partial charge in [0.15, 0.2) is 0 Å². The predicted molar refractivity (Wildman–Crippen MR) is 86.1 cm³/mol. The number of hydrogen-bond donors (Lipinski definition) is 1. The quantitative estimate of drug-likeness (QED) is 0.899. The summed E-state index contributed by atoms with van der Waals surface area (Å²) in [6, 6.07) is 7.56. The number of rotatable bonds is 4. The highest BCUT2D eigenvalue weighted by Crippen LogP contribution is 2.15. The van der Waals surface area contributed by atoms with Crippen LogP contribution in [0.3, 0.4) is 0 Å². The first-order chi connectivity index (χ1) is 10.0. The Bertz CT molecular complexity index is 513. The van der Waals surface area contributed by atoms with Crippen LogP contribution in [0.2, 0.25) is 0 Å². The summed E-state index contributed by atoms with van der Waals surface area (Å²) >= 11 is 3.38. The lowest BCUT2D eigenvalue weighted by Gasteiger charge is -2.34. The van der Waals surface area contributed by atoms with Crippen LogP contribution in [0.1, 0.15) is 13.3 Å². The summed E-state index contributed by atoms with van der Waals surface area (Å²) in [7, 11) is 0. The van der Waals surface area contributed by atoms with Gasteiger partial charge in [0.05, 0.1) is 0 Å². The second kappa shape index (κ2) is 7.56. The summed E-state index contributed by atoms with van der Waals surface area (Å²) in [5.74, 6) is 0.143. The molecule has 0 radical (unpaired) electrons. The molecular formula is C15H20BrN3O2. The monoisotopic (exact) mass is 353 g/mol. The van der Waals surface area contributed by atoms with Crippen molar-refractivity contribution in [1.29, 1.82) is 0 Å². The van der Waals surface area contributed by atoms with E-state index in [2.05, 4.69) is 26.1 Å². The molecule has 1 heterocycles. The molecule has 1 aromatic carbocycles. The molecule has 1 N–H and O–H groups in total. The van der Waals surface area contributed by atoms with Gasteiger partial charge in [0.1, 0.15) is 0 Å². The van der Waals surface area contributed by atoms with Crippen molar-refractivity contribution in [2.75, 3.05) is 38.0 Å². The average Bonchev–Trinajstić information content (AvgIpc) is 2.45. The van der Waals surface area contributed by atoms with Crippen LogP contribution in [0.15, 0.2) is 28.7 Å². The number of anilines is 1. The number of nitrogens with zero attached hydrogens (tertiary/aromatic N) is 2.